The van der Waals surface area contributed by atoms with Crippen molar-refractivity contribution in [3.8, 4) is 0 Å². The van der Waals surface area contributed by atoms with Gasteiger partial charge in [-0.1, -0.05) is 41.9 Å². The molecule has 4 rings (SSSR count). The first-order chi connectivity index (χ1) is 13.9. The number of benzene rings is 3. The lowest BCUT2D eigenvalue weighted by molar-refractivity contribution is 0.0989. The van der Waals surface area contributed by atoms with Crippen LogP contribution < -0.4 is 9.62 Å². The molecule has 148 valence electrons. The second kappa shape index (κ2) is 7.99. The fraction of sp³-hybridized carbons (Fsp3) is 0.136. The van der Waals surface area contributed by atoms with Crippen LogP contribution in [0.3, 0.4) is 0 Å². The molecule has 0 saturated carbocycles. The maximum absolute atomic E-state index is 12.8. The minimum absolute atomic E-state index is 0.0713. The van der Waals surface area contributed by atoms with Crippen LogP contribution in [0.4, 0.5) is 5.69 Å². The summed E-state index contributed by atoms with van der Waals surface area (Å²) in [5, 5.41) is 0.589. The van der Waals surface area contributed by atoms with E-state index in [0.29, 0.717) is 17.1 Å². The van der Waals surface area contributed by atoms with E-state index >= 15 is 0 Å². The van der Waals surface area contributed by atoms with Gasteiger partial charge in [0.2, 0.25) is 10.0 Å². The van der Waals surface area contributed by atoms with Gasteiger partial charge in [-0.3, -0.25) is 4.79 Å². The number of amides is 1. The highest BCUT2D eigenvalue weighted by atomic mass is 35.5. The van der Waals surface area contributed by atoms with Crippen molar-refractivity contribution >= 4 is 33.2 Å². The summed E-state index contributed by atoms with van der Waals surface area (Å²) in [7, 11) is -3.56. The molecule has 29 heavy (non-hydrogen) atoms. The Morgan fingerprint density at radius 1 is 1.00 bits per heavy atom. The molecule has 0 bridgehead atoms. The van der Waals surface area contributed by atoms with E-state index in [2.05, 4.69) is 4.72 Å². The molecule has 1 heterocycles. The summed E-state index contributed by atoms with van der Waals surface area (Å²) in [5.74, 6) is -0.0713. The lowest BCUT2D eigenvalue weighted by atomic mass is 10.1. The van der Waals surface area contributed by atoms with Crippen molar-refractivity contribution < 1.29 is 13.2 Å². The minimum Gasteiger partial charge on any atom is -0.308 e. The van der Waals surface area contributed by atoms with E-state index < -0.39 is 10.0 Å². The molecule has 0 aliphatic carbocycles. The van der Waals surface area contributed by atoms with Crippen molar-refractivity contribution in [2.75, 3.05) is 11.4 Å². The zero-order valence-electron chi connectivity index (χ0n) is 15.5. The zero-order chi connectivity index (χ0) is 20.4. The Bertz CT molecular complexity index is 1150. The fourth-order valence-electron chi connectivity index (χ4n) is 3.39. The van der Waals surface area contributed by atoms with Gasteiger partial charge >= 0.3 is 0 Å². The van der Waals surface area contributed by atoms with Crippen LogP contribution in [0.25, 0.3) is 0 Å². The van der Waals surface area contributed by atoms with Crippen LogP contribution in [0.2, 0.25) is 5.02 Å². The summed E-state index contributed by atoms with van der Waals surface area (Å²) in [6.07, 6.45) is 0.730. The standard InChI is InChI=1S/C22H19ClN2O3S/c23-19-9-7-17(8-10-19)22(26)25-13-12-18-14-16(6-11-21(18)25)15-24-29(27,28)20-4-2-1-3-5-20/h1-11,14,24H,12-13,15H2. The van der Waals surface area contributed by atoms with Gasteiger partial charge in [-0.15, -0.1) is 0 Å². The average Bonchev–Trinajstić information content (AvgIpc) is 3.16. The van der Waals surface area contributed by atoms with Crippen LogP contribution in [0, 0.1) is 0 Å². The van der Waals surface area contributed by atoms with E-state index in [1.54, 1.807) is 59.5 Å². The number of nitrogens with one attached hydrogen (secondary N) is 1. The molecule has 1 aliphatic heterocycles. The lowest BCUT2D eigenvalue weighted by Crippen LogP contribution is -2.28. The third-order valence-electron chi connectivity index (χ3n) is 4.90. The Kier molecular flexibility index (Phi) is 5.41. The number of sulfonamides is 1. The van der Waals surface area contributed by atoms with Gasteiger partial charge in [-0.2, -0.15) is 0 Å². The summed E-state index contributed by atoms with van der Waals surface area (Å²) in [5.41, 5.74) is 3.33. The number of carbonyl (C=O) groups is 1. The van der Waals surface area contributed by atoms with E-state index in [1.807, 2.05) is 18.2 Å². The molecule has 0 unspecified atom stereocenters. The number of fused-ring (bicyclic) bond motifs is 1. The lowest BCUT2D eigenvalue weighted by Gasteiger charge is -2.18. The molecular weight excluding hydrogens is 408 g/mol. The van der Waals surface area contributed by atoms with Gasteiger partial charge < -0.3 is 4.90 Å². The van der Waals surface area contributed by atoms with E-state index in [-0.39, 0.29) is 17.3 Å². The highest BCUT2D eigenvalue weighted by molar-refractivity contribution is 7.89. The van der Waals surface area contributed by atoms with Crippen LogP contribution in [-0.4, -0.2) is 20.9 Å². The summed E-state index contributed by atoms with van der Waals surface area (Å²) in [6, 6.07) is 20.8. The quantitative estimate of drug-likeness (QED) is 0.670. The summed E-state index contributed by atoms with van der Waals surface area (Å²) in [4.78, 5) is 14.8. The SMILES string of the molecule is O=C(c1ccc(Cl)cc1)N1CCc2cc(CNS(=O)(=O)c3ccccc3)ccc21. The van der Waals surface area contributed by atoms with Gasteiger partial charge in [0.05, 0.1) is 4.90 Å². The molecule has 0 radical (unpaired) electrons. The molecule has 1 aliphatic rings. The summed E-state index contributed by atoms with van der Waals surface area (Å²) < 4.78 is 27.4. The average molecular weight is 427 g/mol. The van der Waals surface area contributed by atoms with E-state index in [0.717, 1.165) is 23.2 Å². The number of carbonyl (C=O) groups excluding carboxylic acids is 1. The predicted molar refractivity (Wildman–Crippen MR) is 114 cm³/mol. The van der Waals surface area contributed by atoms with Crippen LogP contribution in [0.5, 0.6) is 0 Å². The number of hydrogen-bond acceptors (Lipinski definition) is 3. The molecule has 5 nitrogen and oxygen atoms in total. The second-order valence-corrected chi connectivity index (χ2v) is 9.02. The smallest absolute Gasteiger partial charge is 0.258 e. The third-order valence-corrected chi connectivity index (χ3v) is 6.56. The third kappa shape index (κ3) is 4.19. The Morgan fingerprint density at radius 3 is 2.45 bits per heavy atom. The Hall–Kier alpha value is -2.67. The highest BCUT2D eigenvalue weighted by Gasteiger charge is 2.26. The van der Waals surface area contributed by atoms with Crippen molar-refractivity contribution in [3.05, 3.63) is 94.5 Å². The maximum atomic E-state index is 12.8. The van der Waals surface area contributed by atoms with Crippen molar-refractivity contribution in [1.82, 2.24) is 4.72 Å². The van der Waals surface area contributed by atoms with Gasteiger partial charge in [0.15, 0.2) is 0 Å². The number of rotatable bonds is 5. The monoisotopic (exact) mass is 426 g/mol. The number of nitrogens with zero attached hydrogens (tertiary/aromatic N) is 1. The molecular formula is C22H19ClN2O3S. The first-order valence-electron chi connectivity index (χ1n) is 9.18. The molecule has 1 amide bonds. The Balaban J connectivity index is 1.49. The van der Waals surface area contributed by atoms with Crippen molar-refractivity contribution in [2.45, 2.75) is 17.9 Å². The van der Waals surface area contributed by atoms with Gasteiger partial charge in [0.1, 0.15) is 0 Å². The second-order valence-electron chi connectivity index (χ2n) is 6.81. The van der Waals surface area contributed by atoms with E-state index in [1.165, 1.54) is 0 Å². The number of hydrogen-bond donors (Lipinski definition) is 1. The summed E-state index contributed by atoms with van der Waals surface area (Å²) >= 11 is 5.90. The van der Waals surface area contributed by atoms with Crippen molar-refractivity contribution in [1.29, 1.82) is 0 Å². The molecule has 0 aromatic heterocycles. The van der Waals surface area contributed by atoms with Crippen molar-refractivity contribution in [3.63, 3.8) is 0 Å². The van der Waals surface area contributed by atoms with Crippen LogP contribution in [-0.2, 0) is 23.0 Å². The normalized spacial score (nSPS) is 13.3. The molecule has 7 heteroatoms. The van der Waals surface area contributed by atoms with Gasteiger partial charge in [0.25, 0.3) is 5.91 Å². The first kappa shape index (κ1) is 19.6. The molecule has 0 spiro atoms. The molecule has 0 atom stereocenters. The van der Waals surface area contributed by atoms with Gasteiger partial charge in [-0.25, -0.2) is 13.1 Å². The largest absolute Gasteiger partial charge is 0.308 e. The minimum atomic E-state index is -3.56. The zero-order valence-corrected chi connectivity index (χ0v) is 17.1. The Labute approximate surface area is 175 Å². The van der Waals surface area contributed by atoms with Crippen LogP contribution in [0.1, 0.15) is 21.5 Å². The van der Waals surface area contributed by atoms with E-state index in [4.69, 9.17) is 11.6 Å². The molecule has 3 aromatic rings. The molecule has 0 fully saturated rings. The first-order valence-corrected chi connectivity index (χ1v) is 11.0. The number of halogens is 1. The molecule has 1 N–H and O–H groups in total. The molecule has 0 saturated heterocycles. The predicted octanol–water partition coefficient (Wildman–Crippen LogP) is 4.02. The van der Waals surface area contributed by atoms with E-state index in [9.17, 15) is 13.2 Å². The van der Waals surface area contributed by atoms with Gasteiger partial charge in [0, 0.05) is 29.4 Å². The molecule has 3 aromatic carbocycles. The fourth-order valence-corrected chi connectivity index (χ4v) is 4.55. The highest BCUT2D eigenvalue weighted by Crippen LogP contribution is 2.30. The van der Waals surface area contributed by atoms with Crippen LogP contribution in [0.15, 0.2) is 77.7 Å². The van der Waals surface area contributed by atoms with Crippen molar-refractivity contribution in [2.24, 2.45) is 0 Å². The van der Waals surface area contributed by atoms with Crippen LogP contribution >= 0.6 is 11.6 Å². The number of anilines is 1. The maximum Gasteiger partial charge on any atom is 0.258 e. The summed E-state index contributed by atoms with van der Waals surface area (Å²) in [6.45, 7) is 0.783. The topological polar surface area (TPSA) is 66.5 Å². The van der Waals surface area contributed by atoms with Gasteiger partial charge in [-0.05, 0) is 60.0 Å². The Morgan fingerprint density at radius 2 is 1.72 bits per heavy atom.